The van der Waals surface area contributed by atoms with E-state index in [2.05, 4.69) is 9.47 Å². The van der Waals surface area contributed by atoms with Crippen LogP contribution in [0.3, 0.4) is 0 Å². The van der Waals surface area contributed by atoms with Gasteiger partial charge in [0, 0.05) is 0 Å². The second-order valence-electron chi connectivity index (χ2n) is 2.46. The van der Waals surface area contributed by atoms with Crippen LogP contribution < -0.4 is 0 Å². The lowest BCUT2D eigenvalue weighted by Gasteiger charge is -1.97. The Labute approximate surface area is 61.3 Å². The van der Waals surface area contributed by atoms with Gasteiger partial charge in [0.05, 0.1) is 6.42 Å². The number of rotatable bonds is 0. The van der Waals surface area contributed by atoms with Gasteiger partial charge >= 0.3 is 17.9 Å². The van der Waals surface area contributed by atoms with Gasteiger partial charge in [0.2, 0.25) is 6.10 Å². The van der Waals surface area contributed by atoms with Crippen LogP contribution in [0, 0.1) is 5.92 Å². The van der Waals surface area contributed by atoms with Crippen LogP contribution in [0.15, 0.2) is 0 Å². The first-order valence-electron chi connectivity index (χ1n) is 3.13. The Hall–Kier alpha value is -1.39. The highest BCUT2D eigenvalue weighted by atomic mass is 16.6. The molecule has 5 heteroatoms. The highest BCUT2D eigenvalue weighted by Gasteiger charge is 2.52. The number of fused-ring (bicyclic) bond motifs is 1. The number of carbonyl (C=O) groups is 3. The maximum atomic E-state index is 10.7. The highest BCUT2D eigenvalue weighted by molar-refractivity contribution is 6.02. The summed E-state index contributed by atoms with van der Waals surface area (Å²) in [5.74, 6) is -2.59. The van der Waals surface area contributed by atoms with Crippen molar-refractivity contribution in [1.29, 1.82) is 0 Å². The van der Waals surface area contributed by atoms with Gasteiger partial charge in [-0.3, -0.25) is 9.59 Å². The van der Waals surface area contributed by atoms with Crippen LogP contribution in [-0.2, 0) is 23.9 Å². The van der Waals surface area contributed by atoms with Crippen molar-refractivity contribution < 1.29 is 23.9 Å². The summed E-state index contributed by atoms with van der Waals surface area (Å²) in [6.07, 6.45) is -0.995. The lowest BCUT2D eigenvalue weighted by Crippen LogP contribution is -2.19. The van der Waals surface area contributed by atoms with E-state index in [1.807, 2.05) is 0 Å². The van der Waals surface area contributed by atoms with Crippen molar-refractivity contribution in [3.63, 3.8) is 0 Å². The van der Waals surface area contributed by atoms with Gasteiger partial charge in [0.15, 0.2) is 0 Å². The maximum Gasteiger partial charge on any atom is 0.356 e. The average Bonchev–Trinajstić information content (AvgIpc) is 2.38. The van der Waals surface area contributed by atoms with Crippen molar-refractivity contribution >= 4 is 17.9 Å². The van der Waals surface area contributed by atoms with Crippen LogP contribution >= 0.6 is 0 Å². The van der Waals surface area contributed by atoms with E-state index in [1.54, 1.807) is 0 Å². The molecular formula is C6H4O5. The highest BCUT2D eigenvalue weighted by Crippen LogP contribution is 2.29. The van der Waals surface area contributed by atoms with E-state index < -0.39 is 29.9 Å². The Morgan fingerprint density at radius 3 is 2.55 bits per heavy atom. The topological polar surface area (TPSA) is 69.7 Å². The molecule has 0 aromatic carbocycles. The van der Waals surface area contributed by atoms with Crippen molar-refractivity contribution in [2.24, 2.45) is 5.92 Å². The molecular weight excluding hydrogens is 152 g/mol. The summed E-state index contributed by atoms with van der Waals surface area (Å²) in [6, 6.07) is 0. The lowest BCUT2D eigenvalue weighted by atomic mass is 10.1. The smallest absolute Gasteiger partial charge is 0.356 e. The van der Waals surface area contributed by atoms with Crippen LogP contribution in [0.4, 0.5) is 0 Å². The second-order valence-corrected chi connectivity index (χ2v) is 2.46. The molecule has 0 bridgehead atoms. The number of esters is 3. The lowest BCUT2D eigenvalue weighted by molar-refractivity contribution is -0.161. The second kappa shape index (κ2) is 1.81. The van der Waals surface area contributed by atoms with Gasteiger partial charge < -0.3 is 9.47 Å². The number of hydrogen-bond donors (Lipinski definition) is 0. The summed E-state index contributed by atoms with van der Waals surface area (Å²) in [5, 5.41) is 0. The first-order valence-corrected chi connectivity index (χ1v) is 3.13. The van der Waals surface area contributed by atoms with Crippen LogP contribution in [0.25, 0.3) is 0 Å². The zero-order valence-corrected chi connectivity index (χ0v) is 5.40. The third-order valence-electron chi connectivity index (χ3n) is 1.75. The predicted molar refractivity (Wildman–Crippen MR) is 29.1 cm³/mol. The summed E-state index contributed by atoms with van der Waals surface area (Å²) >= 11 is 0. The van der Waals surface area contributed by atoms with E-state index in [0.717, 1.165) is 0 Å². The van der Waals surface area contributed by atoms with Crippen molar-refractivity contribution in [3.8, 4) is 0 Å². The normalized spacial score (nSPS) is 35.1. The van der Waals surface area contributed by atoms with Gasteiger partial charge in [-0.2, -0.15) is 0 Å². The van der Waals surface area contributed by atoms with Crippen LogP contribution in [0.2, 0.25) is 0 Å². The molecule has 2 heterocycles. The molecule has 0 amide bonds. The Morgan fingerprint density at radius 1 is 1.18 bits per heavy atom. The van der Waals surface area contributed by atoms with Gasteiger partial charge in [0.25, 0.3) is 0 Å². The molecule has 2 fully saturated rings. The molecule has 5 nitrogen and oxygen atoms in total. The summed E-state index contributed by atoms with van der Waals surface area (Å²) in [6.45, 7) is 0. The molecule has 0 aromatic rings. The fourth-order valence-corrected chi connectivity index (χ4v) is 1.21. The number of hydrogen-bond acceptors (Lipinski definition) is 5. The van der Waals surface area contributed by atoms with Crippen LogP contribution in [0.1, 0.15) is 6.42 Å². The third-order valence-corrected chi connectivity index (χ3v) is 1.75. The molecule has 0 aromatic heterocycles. The van der Waals surface area contributed by atoms with E-state index in [1.165, 1.54) is 0 Å². The molecule has 0 spiro atoms. The van der Waals surface area contributed by atoms with Crippen molar-refractivity contribution in [3.05, 3.63) is 0 Å². The number of ether oxygens (including phenoxy) is 2. The van der Waals surface area contributed by atoms with E-state index >= 15 is 0 Å². The fraction of sp³-hybridized carbons (Fsp3) is 0.500. The molecule has 2 saturated heterocycles. The van der Waals surface area contributed by atoms with Crippen molar-refractivity contribution in [1.82, 2.24) is 0 Å². The van der Waals surface area contributed by atoms with Crippen LogP contribution in [-0.4, -0.2) is 24.0 Å². The molecule has 11 heavy (non-hydrogen) atoms. The first-order chi connectivity index (χ1) is 5.18. The number of carbonyl (C=O) groups excluding carboxylic acids is 3. The van der Waals surface area contributed by atoms with E-state index in [9.17, 15) is 14.4 Å². The van der Waals surface area contributed by atoms with Gasteiger partial charge in [-0.25, -0.2) is 4.79 Å². The van der Waals surface area contributed by atoms with Crippen LogP contribution in [0.5, 0.6) is 0 Å². The minimum atomic E-state index is -0.963. The van der Waals surface area contributed by atoms with E-state index in [0.29, 0.717) is 0 Å². The average molecular weight is 156 g/mol. The first kappa shape index (κ1) is 6.33. The molecule has 0 unspecified atom stereocenters. The van der Waals surface area contributed by atoms with Gasteiger partial charge in [-0.05, 0) is 0 Å². The summed E-state index contributed by atoms with van der Waals surface area (Å²) in [7, 11) is 0. The van der Waals surface area contributed by atoms with Crippen molar-refractivity contribution in [2.75, 3.05) is 0 Å². The zero-order valence-electron chi connectivity index (χ0n) is 5.40. The summed E-state index contributed by atoms with van der Waals surface area (Å²) in [4.78, 5) is 32.0. The molecule has 2 atom stereocenters. The molecule has 0 saturated carbocycles. The van der Waals surface area contributed by atoms with Crippen molar-refractivity contribution in [2.45, 2.75) is 12.5 Å². The standard InChI is InChI=1S/C6H4O5/c7-3-1-2-4(10-3)6(9)11-5(2)8/h2,4H,1H2/t2-,4+/m0/s1. The predicted octanol–water partition coefficient (Wildman–Crippen LogP) is -0.999. The number of cyclic esters (lactones) is 2. The Balaban J connectivity index is 2.29. The molecule has 0 N–H and O–H groups in total. The molecule has 2 rings (SSSR count). The molecule has 2 aliphatic heterocycles. The SMILES string of the molecule is O=C1C[C@@H]2C(=O)OC(=O)[C@@H]2O1. The Morgan fingerprint density at radius 2 is 1.91 bits per heavy atom. The van der Waals surface area contributed by atoms with Gasteiger partial charge in [-0.15, -0.1) is 0 Å². The summed E-state index contributed by atoms with van der Waals surface area (Å²) in [5.41, 5.74) is 0. The molecule has 58 valence electrons. The minimum absolute atomic E-state index is 0.0325. The van der Waals surface area contributed by atoms with Gasteiger partial charge in [-0.1, -0.05) is 0 Å². The summed E-state index contributed by atoms with van der Waals surface area (Å²) < 4.78 is 8.76. The van der Waals surface area contributed by atoms with E-state index in [-0.39, 0.29) is 6.42 Å². The zero-order chi connectivity index (χ0) is 8.01. The molecule has 0 aliphatic carbocycles. The van der Waals surface area contributed by atoms with E-state index in [4.69, 9.17) is 0 Å². The molecule has 2 aliphatic rings. The fourth-order valence-electron chi connectivity index (χ4n) is 1.21. The Kier molecular flexibility index (Phi) is 1.04. The monoisotopic (exact) mass is 156 g/mol. The quantitative estimate of drug-likeness (QED) is 0.332. The maximum absolute atomic E-state index is 10.7. The molecule has 0 radical (unpaired) electrons. The minimum Gasteiger partial charge on any atom is -0.449 e. The largest absolute Gasteiger partial charge is 0.449 e. The third kappa shape index (κ3) is 0.736. The van der Waals surface area contributed by atoms with Gasteiger partial charge in [0.1, 0.15) is 5.92 Å². The Bertz CT molecular complexity index is 232.